The molecule has 0 radical (unpaired) electrons. The van der Waals surface area contributed by atoms with Gasteiger partial charge in [0.15, 0.2) is 0 Å². The Kier molecular flexibility index (Phi) is 3.14. The molecule has 0 saturated carbocycles. The van der Waals surface area contributed by atoms with Crippen LogP contribution in [-0.4, -0.2) is 0 Å². The second kappa shape index (κ2) is 3.94. The minimum absolute atomic E-state index is 0.609. The number of hydrogen-bond donors (Lipinski definition) is 0. The molecule has 0 aliphatic heterocycles. The van der Waals surface area contributed by atoms with Crippen LogP contribution < -0.4 is 0 Å². The number of aryl methyl sites for hydroxylation is 1. The molecule has 5 heteroatoms. The van der Waals surface area contributed by atoms with Gasteiger partial charge in [-0.1, -0.05) is 37.0 Å². The van der Waals surface area contributed by atoms with Crippen molar-refractivity contribution in [3.63, 3.8) is 0 Å². The predicted octanol–water partition coefficient (Wildman–Crippen LogP) is 4.46. The second-order valence-electron chi connectivity index (χ2n) is 2.24. The third-order valence-electron chi connectivity index (χ3n) is 1.38. The van der Waals surface area contributed by atoms with E-state index in [1.54, 1.807) is 0 Å². The Morgan fingerprint density at radius 3 is 2.58 bits per heavy atom. The number of rotatable bonds is 1. The van der Waals surface area contributed by atoms with E-state index in [0.29, 0.717) is 5.69 Å². The highest BCUT2D eigenvalue weighted by Gasteiger charge is 2.00. The first-order chi connectivity index (χ1) is 5.65. The third kappa shape index (κ3) is 2.00. The molecule has 0 N–H and O–H groups in total. The highest BCUT2D eigenvalue weighted by Crippen LogP contribution is 2.31. The second-order valence-corrected chi connectivity index (χ2v) is 3.95. The lowest BCUT2D eigenvalue weighted by Gasteiger charge is -2.01. The number of hydrogen-bond acceptors (Lipinski definition) is 1. The van der Waals surface area contributed by atoms with Crippen molar-refractivity contribution in [1.82, 2.24) is 0 Å². The van der Waals surface area contributed by atoms with E-state index in [1.165, 1.54) is 0 Å². The average molecular weight is 291 g/mol. The van der Waals surface area contributed by atoms with E-state index >= 15 is 0 Å². The molecule has 62 valence electrons. The van der Waals surface area contributed by atoms with E-state index in [1.807, 2.05) is 19.1 Å². The van der Waals surface area contributed by atoms with Crippen LogP contribution in [0.1, 0.15) is 5.56 Å². The Bertz CT molecular complexity index is 356. The van der Waals surface area contributed by atoms with E-state index < -0.39 is 0 Å². The molecule has 0 spiro atoms. The summed E-state index contributed by atoms with van der Waals surface area (Å²) in [6.07, 6.45) is 0. The molecule has 1 aromatic rings. The van der Waals surface area contributed by atoms with Crippen LogP contribution in [0.2, 0.25) is 0 Å². The van der Waals surface area contributed by atoms with Gasteiger partial charge in [-0.05, 0) is 30.2 Å². The lowest BCUT2D eigenvalue weighted by Crippen LogP contribution is -1.75. The van der Waals surface area contributed by atoms with Gasteiger partial charge < -0.3 is 0 Å². The third-order valence-corrected chi connectivity index (χ3v) is 2.87. The zero-order valence-corrected chi connectivity index (χ0v) is 9.42. The molecule has 0 amide bonds. The van der Waals surface area contributed by atoms with Crippen LogP contribution >= 0.6 is 31.9 Å². The Morgan fingerprint density at radius 1 is 1.33 bits per heavy atom. The molecule has 0 heterocycles. The van der Waals surface area contributed by atoms with Crippen LogP contribution in [0.3, 0.4) is 0 Å². The van der Waals surface area contributed by atoms with Crippen LogP contribution in [0, 0.1) is 6.92 Å². The van der Waals surface area contributed by atoms with Gasteiger partial charge in [0.25, 0.3) is 0 Å². The summed E-state index contributed by atoms with van der Waals surface area (Å²) < 4.78 is 1.78. The van der Waals surface area contributed by atoms with E-state index in [2.05, 4.69) is 41.9 Å². The Morgan fingerprint density at radius 2 is 2.00 bits per heavy atom. The van der Waals surface area contributed by atoms with Gasteiger partial charge >= 0.3 is 0 Å². The fraction of sp³-hybridized carbons (Fsp3) is 0.143. The lowest BCUT2D eigenvalue weighted by molar-refractivity contribution is 1.36. The van der Waals surface area contributed by atoms with Crippen molar-refractivity contribution in [2.45, 2.75) is 6.92 Å². The molecular formula is C7H5Br2N3. The van der Waals surface area contributed by atoms with E-state index in [0.717, 1.165) is 14.5 Å². The fourth-order valence-corrected chi connectivity index (χ4v) is 1.84. The SMILES string of the molecule is Cc1cc(N=[N+]=[N-])c(Br)cc1Br. The van der Waals surface area contributed by atoms with E-state index in [4.69, 9.17) is 5.53 Å². The van der Waals surface area contributed by atoms with Crippen LogP contribution in [-0.2, 0) is 0 Å². The van der Waals surface area contributed by atoms with Gasteiger partial charge in [-0.3, -0.25) is 0 Å². The van der Waals surface area contributed by atoms with Crippen LogP contribution in [0.25, 0.3) is 10.4 Å². The maximum absolute atomic E-state index is 8.23. The minimum Gasteiger partial charge on any atom is -0.0596 e. The monoisotopic (exact) mass is 289 g/mol. The number of azide groups is 1. The molecule has 0 fully saturated rings. The van der Waals surface area contributed by atoms with Crippen LogP contribution in [0.4, 0.5) is 5.69 Å². The topological polar surface area (TPSA) is 48.8 Å². The van der Waals surface area contributed by atoms with Crippen molar-refractivity contribution in [3.05, 3.63) is 37.1 Å². The first-order valence-corrected chi connectivity index (χ1v) is 4.74. The highest BCUT2D eigenvalue weighted by atomic mass is 79.9. The van der Waals surface area contributed by atoms with Gasteiger partial charge in [0.1, 0.15) is 0 Å². The van der Waals surface area contributed by atoms with E-state index in [9.17, 15) is 0 Å². The molecule has 0 unspecified atom stereocenters. The highest BCUT2D eigenvalue weighted by molar-refractivity contribution is 9.11. The smallest absolute Gasteiger partial charge is 0.0520 e. The lowest BCUT2D eigenvalue weighted by atomic mass is 10.2. The van der Waals surface area contributed by atoms with Crippen molar-refractivity contribution < 1.29 is 0 Å². The van der Waals surface area contributed by atoms with E-state index in [-0.39, 0.29) is 0 Å². The van der Waals surface area contributed by atoms with Crippen LogP contribution in [0.5, 0.6) is 0 Å². The van der Waals surface area contributed by atoms with Crippen molar-refractivity contribution in [2.75, 3.05) is 0 Å². The quantitative estimate of drug-likeness (QED) is 0.416. The normalized spacial score (nSPS) is 9.25. The summed E-state index contributed by atoms with van der Waals surface area (Å²) in [5.74, 6) is 0. The van der Waals surface area contributed by atoms with Crippen molar-refractivity contribution in [2.24, 2.45) is 5.11 Å². The molecule has 0 saturated heterocycles. The number of halogens is 2. The van der Waals surface area contributed by atoms with Crippen molar-refractivity contribution in [3.8, 4) is 0 Å². The zero-order chi connectivity index (χ0) is 9.14. The summed E-state index contributed by atoms with van der Waals surface area (Å²) in [4.78, 5) is 2.72. The summed E-state index contributed by atoms with van der Waals surface area (Å²) in [5, 5.41) is 3.52. The van der Waals surface area contributed by atoms with Gasteiger partial charge in [0, 0.05) is 13.9 Å². The molecule has 3 nitrogen and oxygen atoms in total. The predicted molar refractivity (Wildman–Crippen MR) is 55.4 cm³/mol. The van der Waals surface area contributed by atoms with Gasteiger partial charge in [-0.15, -0.1) is 0 Å². The molecule has 0 aliphatic carbocycles. The van der Waals surface area contributed by atoms with Gasteiger partial charge in [-0.25, -0.2) is 0 Å². The molecule has 1 rings (SSSR count). The first kappa shape index (κ1) is 9.58. The summed E-state index contributed by atoms with van der Waals surface area (Å²) in [6.45, 7) is 1.94. The number of benzene rings is 1. The summed E-state index contributed by atoms with van der Waals surface area (Å²) >= 11 is 6.65. The van der Waals surface area contributed by atoms with Gasteiger partial charge in [0.05, 0.1) is 5.69 Å². The standard InChI is InChI=1S/C7H5Br2N3/c1-4-2-7(11-12-10)6(9)3-5(4)8/h2-3H,1H3. The van der Waals surface area contributed by atoms with Crippen molar-refractivity contribution in [1.29, 1.82) is 0 Å². The Hall–Kier alpha value is -0.510. The van der Waals surface area contributed by atoms with Gasteiger partial charge in [0.2, 0.25) is 0 Å². The molecular weight excluding hydrogens is 286 g/mol. The first-order valence-electron chi connectivity index (χ1n) is 3.16. The minimum atomic E-state index is 0.609. The Labute approximate surface area is 86.7 Å². The Balaban J connectivity index is 3.32. The molecule has 12 heavy (non-hydrogen) atoms. The average Bonchev–Trinajstić information content (AvgIpc) is 2.01. The maximum atomic E-state index is 8.23. The van der Waals surface area contributed by atoms with Crippen LogP contribution in [0.15, 0.2) is 26.2 Å². The van der Waals surface area contributed by atoms with Crippen molar-refractivity contribution >= 4 is 37.5 Å². The number of nitrogens with zero attached hydrogens (tertiary/aromatic N) is 3. The maximum Gasteiger partial charge on any atom is 0.0520 e. The molecule has 0 bridgehead atoms. The largest absolute Gasteiger partial charge is 0.0596 e. The summed E-state index contributed by atoms with van der Waals surface area (Å²) in [5.41, 5.74) is 9.88. The molecule has 0 aromatic heterocycles. The zero-order valence-electron chi connectivity index (χ0n) is 6.25. The summed E-state index contributed by atoms with van der Waals surface area (Å²) in [6, 6.07) is 3.67. The molecule has 0 atom stereocenters. The summed E-state index contributed by atoms with van der Waals surface area (Å²) in [7, 11) is 0. The van der Waals surface area contributed by atoms with Gasteiger partial charge in [-0.2, -0.15) is 0 Å². The molecule has 1 aromatic carbocycles. The molecule has 0 aliphatic rings. The fourth-order valence-electron chi connectivity index (χ4n) is 0.767.